The third-order valence-corrected chi connectivity index (χ3v) is 4.92. The number of ether oxygens (including phenoxy) is 2. The first-order valence-electron chi connectivity index (χ1n) is 9.58. The van der Waals surface area contributed by atoms with Crippen LogP contribution in [0.1, 0.15) is 10.4 Å². The van der Waals surface area contributed by atoms with Crippen LogP contribution in [-0.2, 0) is 14.3 Å². The molecule has 4 N–H and O–H groups in total. The molecule has 1 fully saturated rings. The number of rotatable bonds is 5. The molecule has 0 aliphatic carbocycles. The molecule has 1 aromatic heterocycles. The van der Waals surface area contributed by atoms with Gasteiger partial charge in [-0.25, -0.2) is 14.0 Å². The minimum Gasteiger partial charge on any atom is -0.479 e. The van der Waals surface area contributed by atoms with Gasteiger partial charge in [0.25, 0.3) is 5.89 Å². The maximum atomic E-state index is 13.9. The topological polar surface area (TPSA) is 172 Å². The number of benzene rings is 2. The van der Waals surface area contributed by atoms with Crippen molar-refractivity contribution < 1.29 is 48.4 Å². The molecule has 0 radical (unpaired) electrons. The summed E-state index contributed by atoms with van der Waals surface area (Å²) in [6.45, 7) is 0. The highest BCUT2D eigenvalue weighted by atomic mass is 19.2. The zero-order valence-corrected chi connectivity index (χ0v) is 16.6. The number of esters is 1. The maximum Gasteiger partial charge on any atom is 0.340 e. The molecule has 2 heterocycles. The number of aliphatic carboxylic acids is 1. The van der Waals surface area contributed by atoms with E-state index in [-0.39, 0.29) is 22.8 Å². The lowest BCUT2D eigenvalue weighted by Gasteiger charge is -2.37. The minimum absolute atomic E-state index is 0.0481. The van der Waals surface area contributed by atoms with E-state index in [1.54, 1.807) is 12.1 Å². The maximum absolute atomic E-state index is 13.9. The fraction of sp³-hybridized carbons (Fsp3) is 0.238. The molecule has 0 unspecified atom stereocenters. The Hall–Kier alpha value is -3.71. The lowest BCUT2D eigenvalue weighted by atomic mass is 9.99. The van der Waals surface area contributed by atoms with Crippen molar-refractivity contribution in [2.45, 2.75) is 30.7 Å². The van der Waals surface area contributed by atoms with Crippen molar-refractivity contribution in [1.82, 2.24) is 10.1 Å². The molecule has 5 atom stereocenters. The Kier molecular flexibility index (Phi) is 6.16. The highest BCUT2D eigenvalue weighted by molar-refractivity contribution is 5.91. The summed E-state index contributed by atoms with van der Waals surface area (Å²) in [5.74, 6) is -3.20. The summed E-state index contributed by atoms with van der Waals surface area (Å²) in [5, 5.41) is 42.4. The van der Waals surface area contributed by atoms with Gasteiger partial charge in [-0.05, 0) is 24.3 Å². The second-order valence-corrected chi connectivity index (χ2v) is 7.12. The van der Waals surface area contributed by atoms with Crippen molar-refractivity contribution in [1.29, 1.82) is 0 Å². The van der Waals surface area contributed by atoms with Gasteiger partial charge < -0.3 is 34.4 Å². The van der Waals surface area contributed by atoms with Crippen molar-refractivity contribution in [3.63, 3.8) is 0 Å². The Labute approximate surface area is 184 Å². The number of hydrogen-bond donors (Lipinski definition) is 4. The number of hydrogen-bond acceptors (Lipinski definition) is 10. The van der Waals surface area contributed by atoms with Crippen LogP contribution in [0.3, 0.4) is 0 Å². The average Bonchev–Trinajstić information content (AvgIpc) is 3.29. The highest BCUT2D eigenvalue weighted by Crippen LogP contribution is 2.26. The largest absolute Gasteiger partial charge is 0.479 e. The third-order valence-electron chi connectivity index (χ3n) is 4.92. The number of halogens is 1. The molecule has 0 bridgehead atoms. The summed E-state index contributed by atoms with van der Waals surface area (Å²) in [7, 11) is 0. The van der Waals surface area contributed by atoms with Crippen LogP contribution in [0, 0.1) is 5.82 Å². The van der Waals surface area contributed by atoms with Crippen LogP contribution in [0.5, 0.6) is 0 Å². The zero-order valence-electron chi connectivity index (χ0n) is 16.6. The van der Waals surface area contributed by atoms with E-state index in [1.165, 1.54) is 36.4 Å². The lowest BCUT2D eigenvalue weighted by Crippen LogP contribution is -2.60. The van der Waals surface area contributed by atoms with Gasteiger partial charge in [-0.2, -0.15) is 4.98 Å². The van der Waals surface area contributed by atoms with Gasteiger partial charge in [0.15, 0.2) is 6.10 Å². The van der Waals surface area contributed by atoms with E-state index in [0.29, 0.717) is 5.56 Å². The fourth-order valence-electron chi connectivity index (χ4n) is 3.19. The third kappa shape index (κ3) is 4.45. The summed E-state index contributed by atoms with van der Waals surface area (Å²) in [6, 6.07) is 11.5. The number of carboxylic acids is 1. The molecule has 1 saturated heterocycles. The van der Waals surface area contributed by atoms with Gasteiger partial charge in [0.1, 0.15) is 24.1 Å². The molecule has 0 saturated carbocycles. The average molecular weight is 466 g/mol. The van der Waals surface area contributed by atoms with Crippen LogP contribution in [0.25, 0.3) is 22.8 Å². The molecule has 1 aliphatic heterocycles. The predicted molar refractivity (Wildman–Crippen MR) is 105 cm³/mol. The molecule has 0 amide bonds. The van der Waals surface area contributed by atoms with Crippen molar-refractivity contribution >= 4 is 11.9 Å². The molecule has 2 aromatic carbocycles. The molecule has 1 aliphatic rings. The van der Waals surface area contributed by atoms with Crippen LogP contribution in [0.4, 0.5) is 4.39 Å². The van der Waals surface area contributed by atoms with Crippen LogP contribution in [0.2, 0.25) is 0 Å². The first-order valence-corrected chi connectivity index (χ1v) is 9.58. The van der Waals surface area contributed by atoms with Crippen LogP contribution < -0.4 is 0 Å². The first kappa shape index (κ1) is 22.5. The quantitative estimate of drug-likeness (QED) is 0.388. The standard InChI is InChI=1S/C21H17FN2O9/c22-12-7-2-1-6-11(12)18-23-17(24-33-18)9-4-3-5-10(8-9)20(30)32-21-15(27)13(25)14(26)16(31-21)19(28)29/h1-8,13-16,21,25-27H,(H,28,29)/t13-,14-,15+,16-,21-/m0/s1/i1+1,2+1,6+1,7+1,11+1,12+1. The second-order valence-electron chi connectivity index (χ2n) is 7.12. The van der Waals surface area contributed by atoms with E-state index in [4.69, 9.17) is 19.1 Å². The molecule has 4 rings (SSSR count). The molecule has 3 aromatic rings. The van der Waals surface area contributed by atoms with E-state index in [9.17, 15) is 29.3 Å². The van der Waals surface area contributed by atoms with Gasteiger partial charge in [-0.3, -0.25) is 0 Å². The van der Waals surface area contributed by atoms with Gasteiger partial charge in [0.05, 0.1) is 11.1 Å². The summed E-state index contributed by atoms with van der Waals surface area (Å²) in [4.78, 5) is 27.9. The number of aliphatic hydroxyl groups excluding tert-OH is 3. The molecule has 0 spiro atoms. The van der Waals surface area contributed by atoms with E-state index >= 15 is 0 Å². The number of carboxylic acid groups (broad SMARTS) is 1. The summed E-state index contributed by atoms with van der Waals surface area (Å²) < 4.78 is 29.0. The van der Waals surface area contributed by atoms with E-state index < -0.39 is 48.5 Å². The predicted octanol–water partition coefficient (Wildman–Crippen LogP) is 0.592. The number of aliphatic hydroxyl groups is 3. The fourth-order valence-corrected chi connectivity index (χ4v) is 3.19. The zero-order chi connectivity index (χ0) is 23.7. The van der Waals surface area contributed by atoms with Crippen LogP contribution in [-0.4, -0.2) is 73.2 Å². The Balaban J connectivity index is 1.53. The smallest absolute Gasteiger partial charge is 0.340 e. The number of carbonyl (C=O) groups is 2. The van der Waals surface area contributed by atoms with Gasteiger partial charge in [-0.15, -0.1) is 0 Å². The summed E-state index contributed by atoms with van der Waals surface area (Å²) in [5.41, 5.74) is 0.372. The van der Waals surface area contributed by atoms with Crippen molar-refractivity contribution in [2.24, 2.45) is 0 Å². The van der Waals surface area contributed by atoms with E-state index in [2.05, 4.69) is 10.1 Å². The Morgan fingerprint density at radius 2 is 1.76 bits per heavy atom. The van der Waals surface area contributed by atoms with Gasteiger partial charge >= 0.3 is 11.9 Å². The van der Waals surface area contributed by atoms with Crippen molar-refractivity contribution in [2.75, 3.05) is 0 Å². The van der Waals surface area contributed by atoms with E-state index in [1.807, 2.05) is 0 Å². The highest BCUT2D eigenvalue weighted by Gasteiger charge is 2.48. The summed E-state index contributed by atoms with van der Waals surface area (Å²) >= 11 is 0. The number of aromatic nitrogens is 2. The molecular weight excluding hydrogens is 449 g/mol. The summed E-state index contributed by atoms with van der Waals surface area (Å²) in [6.07, 6.45) is -9.48. The molecule has 11 nitrogen and oxygen atoms in total. The van der Waals surface area contributed by atoms with Crippen LogP contribution in [0.15, 0.2) is 53.1 Å². The molecule has 172 valence electrons. The van der Waals surface area contributed by atoms with Gasteiger partial charge in [-0.1, -0.05) is 29.4 Å². The first-order chi connectivity index (χ1) is 15.8. The monoisotopic (exact) mass is 466 g/mol. The SMILES string of the molecule is O=C(O[C@@H]1O[C@H](C(=O)O)[C@@H](O)[C@H](O)[C@H]1O)c1cccc(-c2noc(-[13c]3[13cH][13cH][13cH][13cH][13c]3F)n2)c1. The van der Waals surface area contributed by atoms with Crippen molar-refractivity contribution in [3.8, 4) is 22.8 Å². The molecule has 12 heteroatoms. The van der Waals surface area contributed by atoms with Crippen LogP contribution >= 0.6 is 0 Å². The molecular formula is C21H17FN2O9. The Morgan fingerprint density at radius 3 is 2.48 bits per heavy atom. The van der Waals surface area contributed by atoms with Gasteiger partial charge in [0, 0.05) is 5.56 Å². The lowest BCUT2D eigenvalue weighted by molar-refractivity contribution is -0.278. The number of carbonyl (C=O) groups excluding carboxylic acids is 1. The van der Waals surface area contributed by atoms with Crippen molar-refractivity contribution in [3.05, 3.63) is 59.9 Å². The van der Waals surface area contributed by atoms with Gasteiger partial charge in [0.2, 0.25) is 12.1 Å². The minimum atomic E-state index is -1.92. The Morgan fingerprint density at radius 1 is 1.00 bits per heavy atom. The molecule has 33 heavy (non-hydrogen) atoms. The number of nitrogens with zero attached hydrogens (tertiary/aromatic N) is 2. The second kappa shape index (κ2) is 9.03. The Bertz CT molecular complexity index is 1180. The normalized spacial score (nSPS) is 24.9. The van der Waals surface area contributed by atoms with E-state index in [0.717, 1.165) is 0 Å².